The van der Waals surface area contributed by atoms with E-state index < -0.39 is 18.1 Å². The fourth-order valence-corrected chi connectivity index (χ4v) is 2.72. The average Bonchev–Trinajstić information content (AvgIpc) is 2.57. The van der Waals surface area contributed by atoms with Gasteiger partial charge in [0.25, 0.3) is 5.56 Å². The summed E-state index contributed by atoms with van der Waals surface area (Å²) >= 11 is 0. The number of nitrogens with zero attached hydrogens (tertiary/aromatic N) is 1. The number of fused-ring (bicyclic) bond motifs is 1. The van der Waals surface area contributed by atoms with Crippen LogP contribution in [-0.4, -0.2) is 20.7 Å². The Morgan fingerprint density at radius 2 is 1.88 bits per heavy atom. The summed E-state index contributed by atoms with van der Waals surface area (Å²) in [5.41, 5.74) is 0.944. The number of benzene rings is 2. The SMILES string of the molecule is Cc1cc2cc(OCc3ccccc3)cc(O)c2c(=O)n1CC(=O)O. The average molecular weight is 339 g/mol. The van der Waals surface area contributed by atoms with E-state index in [1.54, 1.807) is 19.1 Å². The van der Waals surface area contributed by atoms with Gasteiger partial charge in [0, 0.05) is 11.8 Å². The fourth-order valence-electron chi connectivity index (χ4n) is 2.72. The Morgan fingerprint density at radius 1 is 1.16 bits per heavy atom. The molecule has 25 heavy (non-hydrogen) atoms. The summed E-state index contributed by atoms with van der Waals surface area (Å²) in [6, 6.07) is 14.3. The second-order valence-electron chi connectivity index (χ2n) is 5.75. The molecule has 0 saturated heterocycles. The van der Waals surface area contributed by atoms with Gasteiger partial charge in [0.2, 0.25) is 0 Å². The van der Waals surface area contributed by atoms with Crippen molar-refractivity contribution in [2.75, 3.05) is 0 Å². The molecule has 0 aliphatic heterocycles. The molecule has 0 aliphatic carbocycles. The highest BCUT2D eigenvalue weighted by atomic mass is 16.5. The third kappa shape index (κ3) is 3.47. The molecule has 0 unspecified atom stereocenters. The molecule has 0 aliphatic rings. The molecule has 2 aromatic carbocycles. The summed E-state index contributed by atoms with van der Waals surface area (Å²) in [6.07, 6.45) is 0. The first-order valence-electron chi connectivity index (χ1n) is 7.71. The van der Waals surface area contributed by atoms with E-state index in [2.05, 4.69) is 0 Å². The number of hydrogen-bond donors (Lipinski definition) is 2. The lowest BCUT2D eigenvalue weighted by Gasteiger charge is -2.12. The highest BCUT2D eigenvalue weighted by molar-refractivity contribution is 5.89. The van der Waals surface area contributed by atoms with Crippen LogP contribution in [0.2, 0.25) is 0 Å². The number of phenolic OH excluding ortho intramolecular Hbond substituents is 1. The van der Waals surface area contributed by atoms with E-state index in [9.17, 15) is 14.7 Å². The van der Waals surface area contributed by atoms with Crippen molar-refractivity contribution in [3.63, 3.8) is 0 Å². The molecular weight excluding hydrogens is 322 g/mol. The smallest absolute Gasteiger partial charge is 0.323 e. The molecule has 2 N–H and O–H groups in total. The summed E-state index contributed by atoms with van der Waals surface area (Å²) in [5.74, 6) is -0.916. The van der Waals surface area contributed by atoms with Crippen LogP contribution in [0.5, 0.6) is 11.5 Å². The number of phenols is 1. The van der Waals surface area contributed by atoms with E-state index in [1.807, 2.05) is 30.3 Å². The van der Waals surface area contributed by atoms with Gasteiger partial charge in [-0.15, -0.1) is 0 Å². The Balaban J connectivity index is 1.99. The molecule has 3 rings (SSSR count). The van der Waals surface area contributed by atoms with Crippen LogP contribution < -0.4 is 10.3 Å². The zero-order valence-corrected chi connectivity index (χ0v) is 13.6. The van der Waals surface area contributed by atoms with E-state index >= 15 is 0 Å². The van der Waals surface area contributed by atoms with Gasteiger partial charge in [-0.25, -0.2) is 0 Å². The lowest BCUT2D eigenvalue weighted by molar-refractivity contribution is -0.137. The lowest BCUT2D eigenvalue weighted by Crippen LogP contribution is -2.26. The number of aliphatic carboxylic acids is 1. The molecule has 1 aromatic heterocycles. The third-order valence-electron chi connectivity index (χ3n) is 3.91. The monoisotopic (exact) mass is 339 g/mol. The zero-order chi connectivity index (χ0) is 18.0. The molecule has 0 saturated carbocycles. The predicted octanol–water partition coefficient (Wildman–Crippen LogP) is 2.68. The highest BCUT2D eigenvalue weighted by Crippen LogP contribution is 2.29. The molecule has 128 valence electrons. The van der Waals surface area contributed by atoms with E-state index in [0.29, 0.717) is 23.4 Å². The van der Waals surface area contributed by atoms with Crippen LogP contribution in [0.4, 0.5) is 0 Å². The Morgan fingerprint density at radius 3 is 2.56 bits per heavy atom. The van der Waals surface area contributed by atoms with Crippen LogP contribution in [-0.2, 0) is 17.9 Å². The molecule has 0 spiro atoms. The number of aromatic hydroxyl groups is 1. The van der Waals surface area contributed by atoms with Crippen molar-refractivity contribution in [3.05, 3.63) is 70.1 Å². The van der Waals surface area contributed by atoms with Gasteiger partial charge < -0.3 is 19.5 Å². The summed E-state index contributed by atoms with van der Waals surface area (Å²) in [4.78, 5) is 23.4. The Labute approximate surface area is 143 Å². The highest BCUT2D eigenvalue weighted by Gasteiger charge is 2.14. The molecular formula is C19H17NO5. The molecule has 6 nitrogen and oxygen atoms in total. The van der Waals surface area contributed by atoms with Gasteiger partial charge in [0.15, 0.2) is 0 Å². The van der Waals surface area contributed by atoms with Gasteiger partial charge in [-0.2, -0.15) is 0 Å². The summed E-state index contributed by atoms with van der Waals surface area (Å²) in [7, 11) is 0. The largest absolute Gasteiger partial charge is 0.507 e. The van der Waals surface area contributed by atoms with Gasteiger partial charge in [-0.1, -0.05) is 30.3 Å². The number of hydrogen-bond acceptors (Lipinski definition) is 4. The summed E-state index contributed by atoms with van der Waals surface area (Å²) in [6.45, 7) is 1.53. The number of pyridine rings is 1. The Bertz CT molecular complexity index is 992. The standard InChI is InChI=1S/C19H17NO5/c1-12-7-14-8-15(25-11-13-5-3-2-4-6-13)9-16(21)18(14)19(24)20(12)10-17(22)23/h2-9,21H,10-11H2,1H3,(H,22,23). The van der Waals surface area contributed by atoms with Crippen LogP contribution in [0.1, 0.15) is 11.3 Å². The minimum Gasteiger partial charge on any atom is -0.507 e. The molecule has 1 heterocycles. The van der Waals surface area contributed by atoms with Crippen LogP contribution in [0.25, 0.3) is 10.8 Å². The van der Waals surface area contributed by atoms with Gasteiger partial charge in [0.1, 0.15) is 24.7 Å². The van der Waals surface area contributed by atoms with E-state index in [4.69, 9.17) is 9.84 Å². The van der Waals surface area contributed by atoms with E-state index in [-0.39, 0.29) is 11.1 Å². The predicted molar refractivity (Wildman–Crippen MR) is 93.0 cm³/mol. The van der Waals surface area contributed by atoms with Crippen LogP contribution in [0.15, 0.2) is 53.3 Å². The first-order valence-corrected chi connectivity index (χ1v) is 7.71. The minimum absolute atomic E-state index is 0.0823. The zero-order valence-electron chi connectivity index (χ0n) is 13.6. The first-order chi connectivity index (χ1) is 12.0. The quantitative estimate of drug-likeness (QED) is 0.746. The Hall–Kier alpha value is -3.28. The van der Waals surface area contributed by atoms with Crippen molar-refractivity contribution in [1.82, 2.24) is 4.57 Å². The van der Waals surface area contributed by atoms with Gasteiger partial charge in [-0.3, -0.25) is 9.59 Å². The summed E-state index contributed by atoms with van der Waals surface area (Å²) in [5, 5.41) is 19.8. The van der Waals surface area contributed by atoms with E-state index in [0.717, 1.165) is 10.1 Å². The van der Waals surface area contributed by atoms with Crippen LogP contribution in [0, 0.1) is 6.92 Å². The summed E-state index contributed by atoms with van der Waals surface area (Å²) < 4.78 is 6.81. The van der Waals surface area contributed by atoms with Crippen molar-refractivity contribution in [2.24, 2.45) is 0 Å². The third-order valence-corrected chi connectivity index (χ3v) is 3.91. The second-order valence-corrected chi connectivity index (χ2v) is 5.75. The molecule has 0 atom stereocenters. The second kappa shape index (κ2) is 6.68. The maximum Gasteiger partial charge on any atom is 0.323 e. The molecule has 6 heteroatoms. The number of ether oxygens (including phenoxy) is 1. The number of rotatable bonds is 5. The molecule has 0 amide bonds. The van der Waals surface area contributed by atoms with Crippen molar-refractivity contribution in [1.29, 1.82) is 0 Å². The molecule has 0 fully saturated rings. The maximum absolute atomic E-state index is 12.5. The number of carboxylic acid groups (broad SMARTS) is 1. The molecule has 0 radical (unpaired) electrons. The van der Waals surface area contributed by atoms with Gasteiger partial charge in [0.05, 0.1) is 5.39 Å². The Kier molecular flexibility index (Phi) is 4.43. The minimum atomic E-state index is -1.12. The van der Waals surface area contributed by atoms with Crippen LogP contribution >= 0.6 is 0 Å². The van der Waals surface area contributed by atoms with Crippen LogP contribution in [0.3, 0.4) is 0 Å². The van der Waals surface area contributed by atoms with Gasteiger partial charge in [-0.05, 0) is 30.0 Å². The normalized spacial score (nSPS) is 10.8. The number of carbonyl (C=O) groups is 1. The number of aryl methyl sites for hydroxylation is 1. The fraction of sp³-hybridized carbons (Fsp3) is 0.158. The van der Waals surface area contributed by atoms with Gasteiger partial charge >= 0.3 is 5.97 Å². The number of aromatic nitrogens is 1. The van der Waals surface area contributed by atoms with E-state index in [1.165, 1.54) is 6.07 Å². The first kappa shape index (κ1) is 16.6. The number of carboxylic acids is 1. The molecule has 0 bridgehead atoms. The lowest BCUT2D eigenvalue weighted by atomic mass is 10.1. The molecule has 3 aromatic rings. The van der Waals surface area contributed by atoms with Crippen molar-refractivity contribution in [2.45, 2.75) is 20.1 Å². The van der Waals surface area contributed by atoms with Crippen molar-refractivity contribution < 1.29 is 19.7 Å². The van der Waals surface area contributed by atoms with Crippen molar-refractivity contribution in [3.8, 4) is 11.5 Å². The van der Waals surface area contributed by atoms with Crippen molar-refractivity contribution >= 4 is 16.7 Å². The maximum atomic E-state index is 12.5. The topological polar surface area (TPSA) is 88.8 Å².